The monoisotopic (exact) mass is 342 g/mol. The number of nitrogens with one attached hydrogen (secondary N) is 1. The predicted octanol–water partition coefficient (Wildman–Crippen LogP) is 4.09. The highest BCUT2D eigenvalue weighted by Crippen LogP contribution is 2.14. The summed E-state index contributed by atoms with van der Waals surface area (Å²) in [5.74, 6) is -0.0111. The largest absolute Gasteiger partial charge is 0.326 e. The number of carbonyl (C=O) groups excluding carboxylic acids is 1. The first-order valence-corrected chi connectivity index (χ1v) is 7.47. The Hall–Kier alpha value is -2.12. The quantitative estimate of drug-likeness (QED) is 0.889. The van der Waals surface area contributed by atoms with Gasteiger partial charge in [0.25, 0.3) is 0 Å². The molecule has 0 radical (unpaired) electrons. The number of rotatable bonds is 5. The van der Waals surface area contributed by atoms with Gasteiger partial charge in [-0.25, -0.2) is 0 Å². The molecule has 4 heteroatoms. The first kappa shape index (κ1) is 15.3. The Morgan fingerprint density at radius 1 is 1.14 bits per heavy atom. The maximum absolute atomic E-state index is 11.9. The van der Waals surface area contributed by atoms with Crippen LogP contribution in [0.5, 0.6) is 0 Å². The first-order valence-electron chi connectivity index (χ1n) is 6.67. The second-order valence-electron chi connectivity index (χ2n) is 4.71. The number of amides is 1. The number of halogens is 1. The molecule has 0 aliphatic heterocycles. The van der Waals surface area contributed by atoms with E-state index in [0.717, 1.165) is 21.3 Å². The lowest BCUT2D eigenvalue weighted by Crippen LogP contribution is -2.12. The minimum absolute atomic E-state index is 0.0111. The van der Waals surface area contributed by atoms with Crippen molar-refractivity contribution in [3.05, 3.63) is 64.1 Å². The van der Waals surface area contributed by atoms with Crippen LogP contribution in [-0.4, -0.2) is 5.91 Å². The number of benzene rings is 2. The van der Waals surface area contributed by atoms with Crippen molar-refractivity contribution in [1.29, 1.82) is 5.26 Å². The molecule has 0 heterocycles. The highest BCUT2D eigenvalue weighted by atomic mass is 79.9. The molecular weight excluding hydrogens is 328 g/mol. The number of aryl methyl sites for hydroxylation is 1. The maximum Gasteiger partial charge on any atom is 0.224 e. The second kappa shape index (κ2) is 7.61. The van der Waals surface area contributed by atoms with Gasteiger partial charge in [0.2, 0.25) is 5.91 Å². The van der Waals surface area contributed by atoms with Gasteiger partial charge in [0, 0.05) is 16.6 Å². The standard InChI is InChI=1S/C17H15BrN2O/c18-15-3-1-2-14(12-15)6-9-17(21)20-16-7-4-13(5-8-16)10-11-19/h1-5,7-8,12H,6,9-10H2,(H,20,21). The van der Waals surface area contributed by atoms with Crippen LogP contribution in [0.15, 0.2) is 53.0 Å². The van der Waals surface area contributed by atoms with Crippen molar-refractivity contribution >= 4 is 27.5 Å². The minimum atomic E-state index is -0.0111. The number of anilines is 1. The molecule has 0 aliphatic rings. The molecule has 0 aliphatic carbocycles. The molecule has 1 N–H and O–H groups in total. The summed E-state index contributed by atoms with van der Waals surface area (Å²) in [4.78, 5) is 11.9. The number of nitriles is 1. The highest BCUT2D eigenvalue weighted by Gasteiger charge is 2.04. The predicted molar refractivity (Wildman–Crippen MR) is 86.9 cm³/mol. The lowest BCUT2D eigenvalue weighted by atomic mass is 10.1. The van der Waals surface area contributed by atoms with Crippen molar-refractivity contribution in [3.8, 4) is 6.07 Å². The summed E-state index contributed by atoms with van der Waals surface area (Å²) in [5.41, 5.74) is 2.84. The van der Waals surface area contributed by atoms with E-state index in [9.17, 15) is 4.79 Å². The molecule has 2 aromatic rings. The molecule has 0 spiro atoms. The summed E-state index contributed by atoms with van der Waals surface area (Å²) in [6, 6.07) is 17.4. The Balaban J connectivity index is 1.85. The third-order valence-corrected chi connectivity index (χ3v) is 3.54. The molecule has 0 bridgehead atoms. The molecule has 106 valence electrons. The van der Waals surface area contributed by atoms with Crippen LogP contribution in [0.4, 0.5) is 5.69 Å². The van der Waals surface area contributed by atoms with Crippen molar-refractivity contribution in [2.45, 2.75) is 19.3 Å². The summed E-state index contributed by atoms with van der Waals surface area (Å²) < 4.78 is 1.02. The number of carbonyl (C=O) groups is 1. The molecular formula is C17H15BrN2O. The van der Waals surface area contributed by atoms with Crippen LogP contribution in [0.1, 0.15) is 17.5 Å². The number of hydrogen-bond donors (Lipinski definition) is 1. The summed E-state index contributed by atoms with van der Waals surface area (Å²) in [5, 5.41) is 11.5. The molecule has 1 amide bonds. The normalized spacial score (nSPS) is 9.90. The van der Waals surface area contributed by atoms with Crippen LogP contribution in [-0.2, 0) is 17.6 Å². The van der Waals surface area contributed by atoms with Gasteiger partial charge in [0.05, 0.1) is 12.5 Å². The van der Waals surface area contributed by atoms with Gasteiger partial charge in [-0.3, -0.25) is 4.79 Å². The molecule has 0 aromatic heterocycles. The van der Waals surface area contributed by atoms with Crippen LogP contribution < -0.4 is 5.32 Å². The molecule has 0 unspecified atom stereocenters. The SMILES string of the molecule is N#CCc1ccc(NC(=O)CCc2cccc(Br)c2)cc1. The van der Waals surface area contributed by atoms with E-state index in [1.54, 1.807) is 0 Å². The molecule has 0 saturated heterocycles. The van der Waals surface area contributed by atoms with E-state index in [-0.39, 0.29) is 5.91 Å². The van der Waals surface area contributed by atoms with Gasteiger partial charge >= 0.3 is 0 Å². The first-order chi connectivity index (χ1) is 10.2. The lowest BCUT2D eigenvalue weighted by Gasteiger charge is -2.06. The van der Waals surface area contributed by atoms with Crippen LogP contribution in [0.2, 0.25) is 0 Å². The minimum Gasteiger partial charge on any atom is -0.326 e. The average Bonchev–Trinajstić information content (AvgIpc) is 2.48. The van der Waals surface area contributed by atoms with E-state index >= 15 is 0 Å². The summed E-state index contributed by atoms with van der Waals surface area (Å²) in [6.07, 6.45) is 1.53. The van der Waals surface area contributed by atoms with E-state index in [0.29, 0.717) is 19.3 Å². The smallest absolute Gasteiger partial charge is 0.224 e. The van der Waals surface area contributed by atoms with E-state index in [4.69, 9.17) is 5.26 Å². The molecule has 3 nitrogen and oxygen atoms in total. The number of nitrogens with zero attached hydrogens (tertiary/aromatic N) is 1. The van der Waals surface area contributed by atoms with Crippen molar-refractivity contribution in [3.63, 3.8) is 0 Å². The highest BCUT2D eigenvalue weighted by molar-refractivity contribution is 9.10. The van der Waals surface area contributed by atoms with Gasteiger partial charge in [-0.05, 0) is 41.8 Å². The van der Waals surface area contributed by atoms with Crippen LogP contribution >= 0.6 is 15.9 Å². The topological polar surface area (TPSA) is 52.9 Å². The van der Waals surface area contributed by atoms with Gasteiger partial charge in [-0.2, -0.15) is 5.26 Å². The van der Waals surface area contributed by atoms with E-state index in [1.807, 2.05) is 48.5 Å². The average molecular weight is 343 g/mol. The van der Waals surface area contributed by atoms with Crippen molar-refractivity contribution in [2.75, 3.05) is 5.32 Å². The van der Waals surface area contributed by atoms with Crippen molar-refractivity contribution < 1.29 is 4.79 Å². The summed E-state index contributed by atoms with van der Waals surface area (Å²) in [6.45, 7) is 0. The van der Waals surface area contributed by atoms with Gasteiger partial charge in [0.15, 0.2) is 0 Å². The zero-order valence-electron chi connectivity index (χ0n) is 11.5. The Morgan fingerprint density at radius 3 is 2.57 bits per heavy atom. The fraction of sp³-hybridized carbons (Fsp3) is 0.176. The third kappa shape index (κ3) is 5.05. The fourth-order valence-electron chi connectivity index (χ4n) is 1.97. The van der Waals surface area contributed by atoms with Crippen LogP contribution in [0.3, 0.4) is 0 Å². The van der Waals surface area contributed by atoms with Crippen LogP contribution in [0.25, 0.3) is 0 Å². The van der Waals surface area contributed by atoms with E-state index < -0.39 is 0 Å². The van der Waals surface area contributed by atoms with Gasteiger partial charge in [-0.1, -0.05) is 40.2 Å². The zero-order chi connectivity index (χ0) is 15.1. The fourth-order valence-corrected chi connectivity index (χ4v) is 2.42. The van der Waals surface area contributed by atoms with Gasteiger partial charge in [0.1, 0.15) is 0 Å². The Kier molecular flexibility index (Phi) is 5.53. The van der Waals surface area contributed by atoms with E-state index in [1.165, 1.54) is 0 Å². The number of hydrogen-bond acceptors (Lipinski definition) is 2. The second-order valence-corrected chi connectivity index (χ2v) is 5.63. The molecule has 0 saturated carbocycles. The molecule has 2 aromatic carbocycles. The van der Waals surface area contributed by atoms with Gasteiger partial charge < -0.3 is 5.32 Å². The van der Waals surface area contributed by atoms with E-state index in [2.05, 4.69) is 27.3 Å². The lowest BCUT2D eigenvalue weighted by molar-refractivity contribution is -0.116. The Labute approximate surface area is 132 Å². The van der Waals surface area contributed by atoms with Crippen molar-refractivity contribution in [2.24, 2.45) is 0 Å². The summed E-state index contributed by atoms with van der Waals surface area (Å²) in [7, 11) is 0. The van der Waals surface area contributed by atoms with Gasteiger partial charge in [-0.15, -0.1) is 0 Å². The molecule has 0 atom stereocenters. The zero-order valence-corrected chi connectivity index (χ0v) is 13.1. The third-order valence-electron chi connectivity index (χ3n) is 3.05. The summed E-state index contributed by atoms with van der Waals surface area (Å²) >= 11 is 3.42. The Morgan fingerprint density at radius 2 is 1.90 bits per heavy atom. The molecule has 21 heavy (non-hydrogen) atoms. The maximum atomic E-state index is 11.9. The Bertz CT molecular complexity index is 659. The molecule has 2 rings (SSSR count). The van der Waals surface area contributed by atoms with Crippen LogP contribution in [0, 0.1) is 11.3 Å². The van der Waals surface area contributed by atoms with Crippen molar-refractivity contribution in [1.82, 2.24) is 0 Å². The molecule has 0 fully saturated rings.